The molecule has 8 heteroatoms. The first-order chi connectivity index (χ1) is 8.41. The molecule has 1 aliphatic heterocycles. The van der Waals surface area contributed by atoms with Crippen LogP contribution < -0.4 is 0 Å². The van der Waals surface area contributed by atoms with Gasteiger partial charge in [0.1, 0.15) is 11.5 Å². The molecule has 1 aliphatic rings. The summed E-state index contributed by atoms with van der Waals surface area (Å²) in [6.45, 7) is 1.88. The zero-order valence-electron chi connectivity index (χ0n) is 9.56. The van der Waals surface area contributed by atoms with Crippen molar-refractivity contribution in [3.63, 3.8) is 0 Å². The second-order valence-electron chi connectivity index (χ2n) is 3.96. The third-order valence-electron chi connectivity index (χ3n) is 2.85. The van der Waals surface area contributed by atoms with E-state index in [2.05, 4.69) is 4.98 Å². The fourth-order valence-corrected chi connectivity index (χ4v) is 2.00. The Morgan fingerprint density at radius 1 is 1.39 bits per heavy atom. The first-order valence-electron chi connectivity index (χ1n) is 5.28. The molecule has 0 aromatic carbocycles. The van der Waals surface area contributed by atoms with Gasteiger partial charge >= 0.3 is 5.97 Å². The van der Waals surface area contributed by atoms with Crippen molar-refractivity contribution in [1.29, 1.82) is 0 Å². The van der Waals surface area contributed by atoms with Crippen LogP contribution in [0.3, 0.4) is 0 Å². The number of aromatic nitrogens is 2. The Morgan fingerprint density at radius 2 is 2.06 bits per heavy atom. The zero-order valence-corrected chi connectivity index (χ0v) is 9.56. The van der Waals surface area contributed by atoms with Crippen molar-refractivity contribution < 1.29 is 23.5 Å². The summed E-state index contributed by atoms with van der Waals surface area (Å²) in [5.74, 6) is -1.44. The molecule has 0 aliphatic carbocycles. The molecule has 2 rings (SSSR count). The smallest absolute Gasteiger partial charge is 0.354 e. The summed E-state index contributed by atoms with van der Waals surface area (Å²) >= 11 is 0. The molecule has 98 valence electrons. The van der Waals surface area contributed by atoms with Gasteiger partial charge in [-0.15, -0.1) is 0 Å². The van der Waals surface area contributed by atoms with Gasteiger partial charge < -0.3 is 14.6 Å². The molecule has 0 atom stereocenters. The Labute approximate surface area is 101 Å². The van der Waals surface area contributed by atoms with Crippen molar-refractivity contribution in [1.82, 2.24) is 14.5 Å². The van der Waals surface area contributed by atoms with E-state index < -0.39 is 23.8 Å². The monoisotopic (exact) mass is 259 g/mol. The molecular formula is C10H11F2N3O3. The average Bonchev–Trinajstić information content (AvgIpc) is 2.66. The minimum absolute atomic E-state index is 0.0579. The number of hydrogen-bond donors (Lipinski definition) is 1. The van der Waals surface area contributed by atoms with Gasteiger partial charge in [0.05, 0.1) is 6.54 Å². The van der Waals surface area contributed by atoms with Crippen LogP contribution in [0.5, 0.6) is 0 Å². The van der Waals surface area contributed by atoms with Crippen molar-refractivity contribution in [3.05, 3.63) is 17.2 Å². The number of rotatable bonds is 2. The van der Waals surface area contributed by atoms with E-state index in [1.54, 1.807) is 0 Å². The average molecular weight is 259 g/mol. The lowest BCUT2D eigenvalue weighted by Gasteiger charge is -2.26. The molecular weight excluding hydrogens is 248 g/mol. The lowest BCUT2D eigenvalue weighted by molar-refractivity contribution is -0.130. The van der Waals surface area contributed by atoms with E-state index >= 15 is 0 Å². The van der Waals surface area contributed by atoms with Crippen LogP contribution in [0.25, 0.3) is 0 Å². The molecule has 0 fully saturated rings. The Bertz CT molecular complexity index is 513. The summed E-state index contributed by atoms with van der Waals surface area (Å²) in [6.07, 6.45) is -2.94. The van der Waals surface area contributed by atoms with Crippen molar-refractivity contribution in [3.8, 4) is 0 Å². The van der Waals surface area contributed by atoms with Crippen molar-refractivity contribution in [2.45, 2.75) is 26.4 Å². The normalized spacial score (nSPS) is 14.8. The van der Waals surface area contributed by atoms with Crippen molar-refractivity contribution in [2.75, 3.05) is 6.54 Å². The second kappa shape index (κ2) is 4.35. The third kappa shape index (κ3) is 1.93. The number of carboxylic acid groups (broad SMARTS) is 1. The topological polar surface area (TPSA) is 75.4 Å². The van der Waals surface area contributed by atoms with Gasteiger partial charge in [0, 0.05) is 20.0 Å². The van der Waals surface area contributed by atoms with E-state index in [0.29, 0.717) is 6.54 Å². The van der Waals surface area contributed by atoms with Gasteiger partial charge in [-0.05, 0) is 0 Å². The van der Waals surface area contributed by atoms with E-state index in [9.17, 15) is 18.4 Å². The Hall–Kier alpha value is -1.99. The maximum atomic E-state index is 12.7. The van der Waals surface area contributed by atoms with E-state index in [4.69, 9.17) is 5.11 Å². The Kier molecular flexibility index (Phi) is 3.02. The summed E-state index contributed by atoms with van der Waals surface area (Å²) in [6, 6.07) is 0. The quantitative estimate of drug-likeness (QED) is 0.855. The van der Waals surface area contributed by atoms with Crippen LogP contribution in [0, 0.1) is 0 Å². The van der Waals surface area contributed by atoms with Gasteiger partial charge in [-0.1, -0.05) is 0 Å². The van der Waals surface area contributed by atoms with Crippen LogP contribution in [0.1, 0.15) is 35.4 Å². The first kappa shape index (κ1) is 12.5. The lowest BCUT2D eigenvalue weighted by atomic mass is 10.3. The van der Waals surface area contributed by atoms with Crippen LogP contribution in [-0.2, 0) is 17.9 Å². The molecule has 1 aromatic heterocycles. The summed E-state index contributed by atoms with van der Waals surface area (Å²) < 4.78 is 26.7. The largest absolute Gasteiger partial charge is 0.477 e. The second-order valence-corrected chi connectivity index (χ2v) is 3.96. The molecule has 18 heavy (non-hydrogen) atoms. The van der Waals surface area contributed by atoms with Crippen LogP contribution in [0.2, 0.25) is 0 Å². The summed E-state index contributed by atoms with van der Waals surface area (Å²) in [7, 11) is 0. The number of nitrogens with zero attached hydrogens (tertiary/aromatic N) is 3. The fraction of sp³-hybridized carbons (Fsp3) is 0.500. The minimum atomic E-state index is -2.94. The molecule has 6 nitrogen and oxygen atoms in total. The number of imidazole rings is 1. The van der Waals surface area contributed by atoms with E-state index in [1.165, 1.54) is 16.4 Å². The van der Waals surface area contributed by atoms with Gasteiger partial charge in [-0.3, -0.25) is 4.79 Å². The van der Waals surface area contributed by atoms with Gasteiger partial charge in [0.25, 0.3) is 6.43 Å². The van der Waals surface area contributed by atoms with Crippen molar-refractivity contribution >= 4 is 11.9 Å². The highest BCUT2D eigenvalue weighted by atomic mass is 19.3. The highest BCUT2D eigenvalue weighted by molar-refractivity contribution is 5.87. The first-order valence-corrected chi connectivity index (χ1v) is 5.28. The van der Waals surface area contributed by atoms with E-state index in [1.807, 2.05) is 0 Å². The van der Waals surface area contributed by atoms with Gasteiger partial charge in [0.2, 0.25) is 5.91 Å². The number of aromatic carboxylic acids is 1. The predicted molar refractivity (Wildman–Crippen MR) is 55.2 cm³/mol. The minimum Gasteiger partial charge on any atom is -0.477 e. The molecule has 0 bridgehead atoms. The highest BCUT2D eigenvalue weighted by Gasteiger charge is 2.31. The number of fused-ring (bicyclic) bond motifs is 1. The molecule has 1 amide bonds. The zero-order chi connectivity index (χ0) is 13.4. The maximum Gasteiger partial charge on any atom is 0.354 e. The third-order valence-corrected chi connectivity index (χ3v) is 2.85. The van der Waals surface area contributed by atoms with Crippen LogP contribution >= 0.6 is 0 Å². The van der Waals surface area contributed by atoms with E-state index in [-0.39, 0.29) is 24.8 Å². The molecule has 0 unspecified atom stereocenters. The number of carbonyl (C=O) groups excluding carboxylic acids is 1. The van der Waals surface area contributed by atoms with Gasteiger partial charge in [-0.25, -0.2) is 18.6 Å². The molecule has 0 radical (unpaired) electrons. The summed E-state index contributed by atoms with van der Waals surface area (Å²) in [4.78, 5) is 27.3. The van der Waals surface area contributed by atoms with Crippen LogP contribution in [0.4, 0.5) is 8.78 Å². The number of hydrogen-bond acceptors (Lipinski definition) is 3. The van der Waals surface area contributed by atoms with E-state index in [0.717, 1.165) is 0 Å². The molecule has 1 N–H and O–H groups in total. The number of amides is 1. The molecule has 0 saturated heterocycles. The predicted octanol–water partition coefficient (Wildman–Crippen LogP) is 0.881. The summed E-state index contributed by atoms with van der Waals surface area (Å²) in [5.41, 5.74) is -1.22. The van der Waals surface area contributed by atoms with Crippen LogP contribution in [-0.4, -0.2) is 38.0 Å². The number of alkyl halides is 2. The fourth-order valence-electron chi connectivity index (χ4n) is 2.00. The van der Waals surface area contributed by atoms with Crippen LogP contribution in [0.15, 0.2) is 0 Å². The Balaban J connectivity index is 2.45. The highest BCUT2D eigenvalue weighted by Crippen LogP contribution is 2.26. The SMILES string of the molecule is CC(=O)N1CCn2c(nc(C(F)F)c2C(=O)O)C1. The number of halogens is 2. The van der Waals surface area contributed by atoms with Gasteiger partial charge in [0.15, 0.2) is 5.69 Å². The Morgan fingerprint density at radius 3 is 2.56 bits per heavy atom. The standard InChI is InChI=1S/C10H11F2N3O3/c1-5(16)14-2-3-15-6(4-14)13-7(9(11)12)8(15)10(17)18/h9H,2-4H2,1H3,(H,17,18). The summed E-state index contributed by atoms with van der Waals surface area (Å²) in [5, 5.41) is 8.96. The molecule has 0 spiro atoms. The van der Waals surface area contributed by atoms with Gasteiger partial charge in [-0.2, -0.15) is 0 Å². The lowest BCUT2D eigenvalue weighted by Crippen LogP contribution is -2.37. The molecule has 2 heterocycles. The number of carboxylic acids is 1. The molecule has 1 aromatic rings. The number of carbonyl (C=O) groups is 2. The molecule has 0 saturated carbocycles. The van der Waals surface area contributed by atoms with Crippen molar-refractivity contribution in [2.24, 2.45) is 0 Å². The maximum absolute atomic E-state index is 12.7.